The van der Waals surface area contributed by atoms with Crippen LogP contribution in [0, 0.1) is 5.92 Å². The van der Waals surface area contributed by atoms with Gasteiger partial charge in [0.05, 0.1) is 11.2 Å². The first kappa shape index (κ1) is 12.7. The van der Waals surface area contributed by atoms with Crippen LogP contribution in [0.5, 0.6) is 0 Å². The summed E-state index contributed by atoms with van der Waals surface area (Å²) in [5.41, 5.74) is 1.09. The first-order chi connectivity index (χ1) is 8.37. The van der Waals surface area contributed by atoms with Crippen LogP contribution in [-0.2, 0) is 9.31 Å². The second-order valence-corrected chi connectivity index (χ2v) is 6.92. The van der Waals surface area contributed by atoms with E-state index in [1.807, 2.05) is 0 Å². The van der Waals surface area contributed by atoms with Gasteiger partial charge in [0.1, 0.15) is 0 Å². The van der Waals surface area contributed by atoms with Crippen LogP contribution in [0.3, 0.4) is 0 Å². The SMILES string of the molecule is CC1(C)OB(C=C2CN3CCC2CC3)OC1(C)C. The molecule has 0 N–H and O–H groups in total. The van der Waals surface area contributed by atoms with Gasteiger partial charge in [-0.1, -0.05) is 11.5 Å². The van der Waals surface area contributed by atoms with Crippen molar-refractivity contribution in [2.45, 2.75) is 51.7 Å². The van der Waals surface area contributed by atoms with Crippen molar-refractivity contribution in [3.63, 3.8) is 0 Å². The maximum atomic E-state index is 6.06. The highest BCUT2D eigenvalue weighted by atomic mass is 16.7. The molecule has 0 atom stereocenters. The summed E-state index contributed by atoms with van der Waals surface area (Å²) in [5, 5.41) is 0. The van der Waals surface area contributed by atoms with Crippen molar-refractivity contribution in [3.8, 4) is 0 Å². The van der Waals surface area contributed by atoms with Gasteiger partial charge in [0, 0.05) is 6.54 Å². The normalized spacial score (nSPS) is 39.6. The van der Waals surface area contributed by atoms with Gasteiger partial charge in [-0.25, -0.2) is 0 Å². The zero-order chi connectivity index (χ0) is 13.0. The zero-order valence-electron chi connectivity index (χ0n) is 12.0. The molecular formula is C14H24BNO2. The van der Waals surface area contributed by atoms with Crippen molar-refractivity contribution in [2.75, 3.05) is 19.6 Å². The molecule has 0 aromatic carbocycles. The van der Waals surface area contributed by atoms with Gasteiger partial charge in [-0.05, 0) is 59.5 Å². The third kappa shape index (κ3) is 2.04. The predicted octanol–water partition coefficient (Wildman–Crippen LogP) is 2.27. The summed E-state index contributed by atoms with van der Waals surface area (Å²) in [7, 11) is -0.162. The summed E-state index contributed by atoms with van der Waals surface area (Å²) in [5.74, 6) is 3.01. The summed E-state index contributed by atoms with van der Waals surface area (Å²) >= 11 is 0. The molecule has 0 radical (unpaired) electrons. The Bertz CT molecular complexity index is 354. The van der Waals surface area contributed by atoms with Crippen LogP contribution in [0.2, 0.25) is 0 Å². The van der Waals surface area contributed by atoms with Gasteiger partial charge in [0.15, 0.2) is 0 Å². The quantitative estimate of drug-likeness (QED) is 0.665. The van der Waals surface area contributed by atoms with Gasteiger partial charge in [0.25, 0.3) is 0 Å². The van der Waals surface area contributed by atoms with E-state index in [1.165, 1.54) is 31.5 Å². The Balaban J connectivity index is 1.74. The Morgan fingerprint density at radius 1 is 1.11 bits per heavy atom. The van der Waals surface area contributed by atoms with Crippen LogP contribution in [0.25, 0.3) is 0 Å². The summed E-state index contributed by atoms with van der Waals surface area (Å²) in [6.07, 6.45) is 2.62. The van der Waals surface area contributed by atoms with Crippen LogP contribution >= 0.6 is 0 Å². The highest BCUT2D eigenvalue weighted by molar-refractivity contribution is 6.51. The van der Waals surface area contributed by atoms with Gasteiger partial charge in [-0.15, -0.1) is 0 Å². The number of hydrogen-bond acceptors (Lipinski definition) is 3. The van der Waals surface area contributed by atoms with E-state index < -0.39 is 0 Å². The number of nitrogens with zero attached hydrogens (tertiary/aromatic N) is 1. The summed E-state index contributed by atoms with van der Waals surface area (Å²) in [6.45, 7) is 12.1. The Hall–Kier alpha value is -0.315. The number of fused-ring (bicyclic) bond motifs is 3. The van der Waals surface area contributed by atoms with Crippen molar-refractivity contribution < 1.29 is 9.31 Å². The molecular weight excluding hydrogens is 225 g/mol. The van der Waals surface area contributed by atoms with E-state index in [1.54, 1.807) is 0 Å². The monoisotopic (exact) mass is 249 g/mol. The van der Waals surface area contributed by atoms with Crippen LogP contribution in [-0.4, -0.2) is 42.9 Å². The first-order valence-electron chi connectivity index (χ1n) is 7.16. The standard InChI is InChI=1S/C14H24BNO2/c1-13(2)14(3,4)18-15(17-13)9-12-10-16-7-5-11(12)6-8-16/h9,11H,5-8,10H2,1-4H3. The molecule has 0 aromatic rings. The van der Waals surface area contributed by atoms with Crippen molar-refractivity contribution in [1.82, 2.24) is 4.90 Å². The van der Waals surface area contributed by atoms with E-state index >= 15 is 0 Å². The van der Waals surface area contributed by atoms with Crippen LogP contribution < -0.4 is 0 Å². The smallest absolute Gasteiger partial charge is 0.400 e. The van der Waals surface area contributed by atoms with Crippen LogP contribution in [0.1, 0.15) is 40.5 Å². The van der Waals surface area contributed by atoms with Crippen LogP contribution in [0.15, 0.2) is 11.5 Å². The summed E-state index contributed by atoms with van der Waals surface area (Å²) < 4.78 is 12.1. The van der Waals surface area contributed by atoms with Gasteiger partial charge in [-0.2, -0.15) is 0 Å². The van der Waals surface area contributed by atoms with E-state index in [4.69, 9.17) is 9.31 Å². The molecule has 100 valence electrons. The molecule has 0 aliphatic carbocycles. The van der Waals surface area contributed by atoms with Gasteiger partial charge in [0.2, 0.25) is 0 Å². The van der Waals surface area contributed by atoms with E-state index in [9.17, 15) is 0 Å². The van der Waals surface area contributed by atoms with E-state index in [2.05, 4.69) is 38.6 Å². The third-order valence-electron chi connectivity index (χ3n) is 5.14. The lowest BCUT2D eigenvalue weighted by molar-refractivity contribution is 0.00578. The summed E-state index contributed by atoms with van der Waals surface area (Å²) in [6, 6.07) is 0. The van der Waals surface area contributed by atoms with E-state index in [0.717, 1.165) is 12.5 Å². The fourth-order valence-corrected chi connectivity index (χ4v) is 3.17. The minimum Gasteiger partial charge on any atom is -0.400 e. The Morgan fingerprint density at radius 2 is 1.67 bits per heavy atom. The molecule has 4 aliphatic heterocycles. The minimum absolute atomic E-state index is 0.162. The molecule has 3 nitrogen and oxygen atoms in total. The molecule has 0 unspecified atom stereocenters. The zero-order valence-corrected chi connectivity index (χ0v) is 12.0. The number of hydrogen-bond donors (Lipinski definition) is 0. The predicted molar refractivity (Wildman–Crippen MR) is 73.3 cm³/mol. The second kappa shape index (κ2) is 4.09. The fraction of sp³-hybridized carbons (Fsp3) is 0.857. The fourth-order valence-electron chi connectivity index (χ4n) is 3.17. The highest BCUT2D eigenvalue weighted by Crippen LogP contribution is 2.39. The van der Waals surface area contributed by atoms with E-state index in [0.29, 0.717) is 0 Å². The van der Waals surface area contributed by atoms with Crippen molar-refractivity contribution in [2.24, 2.45) is 5.92 Å². The van der Waals surface area contributed by atoms with Gasteiger partial charge < -0.3 is 9.31 Å². The van der Waals surface area contributed by atoms with Crippen LogP contribution in [0.4, 0.5) is 0 Å². The maximum absolute atomic E-state index is 6.06. The van der Waals surface area contributed by atoms with Gasteiger partial charge in [-0.3, -0.25) is 4.90 Å². The lowest BCUT2D eigenvalue weighted by atomic mass is 9.77. The number of piperidine rings is 3. The van der Waals surface area contributed by atoms with Crippen molar-refractivity contribution >= 4 is 7.12 Å². The molecule has 0 aromatic heterocycles. The third-order valence-corrected chi connectivity index (χ3v) is 5.14. The Kier molecular flexibility index (Phi) is 2.89. The molecule has 4 saturated heterocycles. The molecule has 4 rings (SSSR count). The molecule has 4 aliphatic rings. The molecule has 0 saturated carbocycles. The van der Waals surface area contributed by atoms with E-state index in [-0.39, 0.29) is 18.3 Å². The van der Waals surface area contributed by atoms with Crippen molar-refractivity contribution in [3.05, 3.63) is 11.5 Å². The average Bonchev–Trinajstić information content (AvgIpc) is 2.48. The van der Waals surface area contributed by atoms with Gasteiger partial charge >= 0.3 is 7.12 Å². The van der Waals surface area contributed by atoms with Crippen molar-refractivity contribution in [1.29, 1.82) is 0 Å². The number of rotatable bonds is 1. The highest BCUT2D eigenvalue weighted by Gasteiger charge is 2.50. The molecule has 4 heteroatoms. The molecule has 0 spiro atoms. The topological polar surface area (TPSA) is 21.7 Å². The summed E-state index contributed by atoms with van der Waals surface area (Å²) in [4.78, 5) is 2.54. The molecule has 4 heterocycles. The first-order valence-corrected chi connectivity index (χ1v) is 7.16. The average molecular weight is 249 g/mol. The molecule has 18 heavy (non-hydrogen) atoms. The largest absolute Gasteiger partial charge is 0.487 e. The second-order valence-electron chi connectivity index (χ2n) is 6.92. The maximum Gasteiger partial charge on any atom is 0.487 e. The Labute approximate surface area is 111 Å². The lowest BCUT2D eigenvalue weighted by Crippen LogP contribution is -2.43. The molecule has 4 fully saturated rings. The molecule has 2 bridgehead atoms. The molecule has 0 amide bonds. The minimum atomic E-state index is -0.220. The lowest BCUT2D eigenvalue weighted by Gasteiger charge is -2.41. The Morgan fingerprint density at radius 3 is 2.11 bits per heavy atom.